The topological polar surface area (TPSA) is 179 Å². The van der Waals surface area contributed by atoms with Gasteiger partial charge in [-0.2, -0.15) is 5.10 Å². The average Bonchev–Trinajstić information content (AvgIpc) is 3.57. The number of anilines is 2. The number of nitro benzene ring substituents is 1. The molecule has 0 aliphatic carbocycles. The molecule has 4 heterocycles. The second-order valence-electron chi connectivity index (χ2n) is 9.25. The number of carbonyl (C=O) groups is 1. The van der Waals surface area contributed by atoms with Gasteiger partial charge in [0.1, 0.15) is 34.8 Å². The molecule has 1 aliphatic rings. The minimum absolute atomic E-state index is 0.110. The number of fused-ring (bicyclic) bond motifs is 2. The van der Waals surface area contributed by atoms with Gasteiger partial charge in [0.25, 0.3) is 11.6 Å². The fraction of sp³-hybridized carbons (Fsp3) is 0.231. The Morgan fingerprint density at radius 3 is 2.77 bits per heavy atom. The van der Waals surface area contributed by atoms with Crippen LogP contribution in [0, 0.1) is 10.1 Å². The van der Waals surface area contributed by atoms with E-state index in [4.69, 9.17) is 15.6 Å². The number of para-hydroxylation sites is 2. The molecule has 1 aliphatic heterocycles. The Bertz CT molecular complexity index is 1740. The Morgan fingerprint density at radius 2 is 2.00 bits per heavy atom. The molecule has 1 saturated heterocycles. The van der Waals surface area contributed by atoms with Crippen molar-refractivity contribution in [2.45, 2.75) is 18.9 Å². The Balaban J connectivity index is 1.51. The summed E-state index contributed by atoms with van der Waals surface area (Å²) in [6, 6.07) is 11.7. The molecule has 5 aromatic rings. The number of non-ortho nitro benzene ring substituents is 1. The van der Waals surface area contributed by atoms with Crippen LogP contribution < -0.4 is 21.1 Å². The number of benzene rings is 2. The lowest BCUT2D eigenvalue weighted by Gasteiger charge is -2.23. The normalized spacial score (nSPS) is 14.1. The molecule has 3 aromatic heterocycles. The number of nitrogens with zero attached hydrogens (tertiary/aromatic N) is 5. The number of nitro groups is 1. The van der Waals surface area contributed by atoms with Crippen LogP contribution in [0.5, 0.6) is 5.75 Å². The fourth-order valence-corrected chi connectivity index (χ4v) is 5.11. The highest BCUT2D eigenvalue weighted by atomic mass is 16.6. The number of aromatic amines is 1. The SMILES string of the molecule is COc1ccccc1NC(=O)c1cc2c(-c3nn(C4CCNCC4)c4ncnc(N)c34)ccc([N+](=O)[O-])c2[nH]1. The zero-order valence-corrected chi connectivity index (χ0v) is 21.0. The van der Waals surface area contributed by atoms with Gasteiger partial charge in [0.05, 0.1) is 29.1 Å². The number of piperidine rings is 1. The number of rotatable bonds is 6. The molecule has 0 saturated carbocycles. The molecule has 0 spiro atoms. The molecule has 0 radical (unpaired) electrons. The number of amides is 1. The molecule has 39 heavy (non-hydrogen) atoms. The van der Waals surface area contributed by atoms with Crippen LogP contribution in [-0.4, -0.2) is 55.8 Å². The summed E-state index contributed by atoms with van der Waals surface area (Å²) in [6.45, 7) is 1.71. The van der Waals surface area contributed by atoms with Gasteiger partial charge < -0.3 is 26.1 Å². The number of H-pyrrole nitrogens is 1. The third kappa shape index (κ3) is 4.18. The highest BCUT2D eigenvalue weighted by molar-refractivity contribution is 6.12. The minimum Gasteiger partial charge on any atom is -0.495 e. The number of nitrogens with one attached hydrogen (secondary N) is 3. The van der Waals surface area contributed by atoms with E-state index in [0.29, 0.717) is 39.1 Å². The highest BCUT2D eigenvalue weighted by Crippen LogP contribution is 2.39. The maximum Gasteiger partial charge on any atom is 0.293 e. The number of nitrogen functional groups attached to an aromatic ring is 1. The van der Waals surface area contributed by atoms with Gasteiger partial charge in [-0.25, -0.2) is 14.6 Å². The van der Waals surface area contributed by atoms with Crippen molar-refractivity contribution in [1.29, 1.82) is 0 Å². The van der Waals surface area contributed by atoms with Gasteiger partial charge in [0, 0.05) is 17.0 Å². The molecule has 13 nitrogen and oxygen atoms in total. The fourth-order valence-electron chi connectivity index (χ4n) is 5.11. The zero-order chi connectivity index (χ0) is 27.1. The van der Waals surface area contributed by atoms with E-state index in [1.807, 2.05) is 4.68 Å². The van der Waals surface area contributed by atoms with E-state index >= 15 is 0 Å². The van der Waals surface area contributed by atoms with E-state index < -0.39 is 10.8 Å². The van der Waals surface area contributed by atoms with E-state index in [0.717, 1.165) is 25.9 Å². The van der Waals surface area contributed by atoms with Gasteiger partial charge in [-0.05, 0) is 50.2 Å². The first-order chi connectivity index (χ1) is 19.0. The summed E-state index contributed by atoms with van der Waals surface area (Å²) < 4.78 is 7.19. The monoisotopic (exact) mass is 527 g/mol. The standard InChI is InChI=1S/C26H25N9O4/c1-39-20-5-3-2-4-17(20)32-26(36)18-12-16-15(6-7-19(35(37)38)22(16)31-18)23-21-24(27)29-13-30-25(21)34(33-23)14-8-10-28-11-9-14/h2-7,12-14,28,31H,8-11H2,1H3,(H,32,36)(H2,27,29,30). The summed E-state index contributed by atoms with van der Waals surface area (Å²) in [5.41, 5.74) is 8.62. The summed E-state index contributed by atoms with van der Waals surface area (Å²) in [5.74, 6) is 0.259. The summed E-state index contributed by atoms with van der Waals surface area (Å²) in [7, 11) is 1.51. The van der Waals surface area contributed by atoms with E-state index in [1.54, 1.807) is 36.4 Å². The van der Waals surface area contributed by atoms with Crippen molar-refractivity contribution >= 4 is 45.0 Å². The summed E-state index contributed by atoms with van der Waals surface area (Å²) >= 11 is 0. The molecular weight excluding hydrogens is 502 g/mol. The predicted octanol–water partition coefficient (Wildman–Crippen LogP) is 3.65. The molecule has 13 heteroatoms. The molecule has 198 valence electrons. The Hall–Kier alpha value is -5.04. The van der Waals surface area contributed by atoms with Gasteiger partial charge in [0.2, 0.25) is 0 Å². The van der Waals surface area contributed by atoms with E-state index in [1.165, 1.54) is 19.5 Å². The van der Waals surface area contributed by atoms with Crippen molar-refractivity contribution in [1.82, 2.24) is 30.0 Å². The molecule has 1 fully saturated rings. The van der Waals surface area contributed by atoms with Crippen LogP contribution in [0.25, 0.3) is 33.2 Å². The first-order valence-corrected chi connectivity index (χ1v) is 12.4. The Morgan fingerprint density at radius 1 is 1.21 bits per heavy atom. The van der Waals surface area contributed by atoms with Gasteiger partial charge in [0.15, 0.2) is 5.65 Å². The number of aromatic nitrogens is 5. The lowest BCUT2D eigenvalue weighted by atomic mass is 10.0. The molecule has 0 unspecified atom stereocenters. The average molecular weight is 528 g/mol. The third-order valence-corrected chi connectivity index (χ3v) is 7.00. The molecule has 2 aromatic carbocycles. The van der Waals surface area contributed by atoms with Gasteiger partial charge >= 0.3 is 0 Å². The van der Waals surface area contributed by atoms with E-state index in [2.05, 4.69) is 25.6 Å². The van der Waals surface area contributed by atoms with Gasteiger partial charge in [-0.1, -0.05) is 12.1 Å². The van der Waals surface area contributed by atoms with Gasteiger partial charge in [-0.15, -0.1) is 0 Å². The smallest absolute Gasteiger partial charge is 0.293 e. The summed E-state index contributed by atoms with van der Waals surface area (Å²) in [4.78, 5) is 36.2. The predicted molar refractivity (Wildman–Crippen MR) is 146 cm³/mol. The lowest BCUT2D eigenvalue weighted by molar-refractivity contribution is -0.383. The van der Waals surface area contributed by atoms with Crippen LogP contribution in [0.2, 0.25) is 0 Å². The van der Waals surface area contributed by atoms with Crippen molar-refractivity contribution in [2.75, 3.05) is 31.2 Å². The Kier molecular flexibility index (Phi) is 6.04. The van der Waals surface area contributed by atoms with Crippen molar-refractivity contribution in [3.63, 3.8) is 0 Å². The first kappa shape index (κ1) is 24.3. The van der Waals surface area contributed by atoms with Gasteiger partial charge in [-0.3, -0.25) is 14.9 Å². The second-order valence-corrected chi connectivity index (χ2v) is 9.25. The molecule has 5 N–H and O–H groups in total. The molecule has 1 amide bonds. The van der Waals surface area contributed by atoms with Crippen LogP contribution in [0.15, 0.2) is 48.8 Å². The zero-order valence-electron chi connectivity index (χ0n) is 21.0. The van der Waals surface area contributed by atoms with Crippen LogP contribution >= 0.6 is 0 Å². The van der Waals surface area contributed by atoms with Crippen LogP contribution in [-0.2, 0) is 0 Å². The number of ether oxygens (including phenoxy) is 1. The maximum atomic E-state index is 13.2. The number of hydrogen-bond acceptors (Lipinski definition) is 9. The Labute approximate surface area is 221 Å². The number of nitrogens with two attached hydrogens (primary N) is 1. The van der Waals surface area contributed by atoms with E-state index in [-0.39, 0.29) is 28.8 Å². The summed E-state index contributed by atoms with van der Waals surface area (Å²) in [6.07, 6.45) is 3.14. The minimum atomic E-state index is -0.492. The number of hydrogen-bond donors (Lipinski definition) is 4. The van der Waals surface area contributed by atoms with Crippen molar-refractivity contribution in [3.05, 3.63) is 64.6 Å². The van der Waals surface area contributed by atoms with Crippen LogP contribution in [0.1, 0.15) is 29.4 Å². The number of carbonyl (C=O) groups excluding carboxylic acids is 1. The highest BCUT2D eigenvalue weighted by Gasteiger charge is 2.27. The van der Waals surface area contributed by atoms with E-state index in [9.17, 15) is 14.9 Å². The molecule has 6 rings (SSSR count). The summed E-state index contributed by atoms with van der Waals surface area (Å²) in [5, 5.41) is 24.0. The van der Waals surface area contributed by atoms with Crippen molar-refractivity contribution in [3.8, 4) is 17.0 Å². The maximum absolute atomic E-state index is 13.2. The quantitative estimate of drug-likeness (QED) is 0.189. The molecule has 0 atom stereocenters. The molecular formula is C26H25N9O4. The first-order valence-electron chi connectivity index (χ1n) is 12.4. The van der Waals surface area contributed by atoms with Crippen LogP contribution in [0.4, 0.5) is 17.2 Å². The lowest BCUT2D eigenvalue weighted by Crippen LogP contribution is -2.30. The van der Waals surface area contributed by atoms with Crippen molar-refractivity contribution < 1.29 is 14.5 Å². The molecule has 0 bridgehead atoms. The number of methoxy groups -OCH3 is 1. The van der Waals surface area contributed by atoms with Crippen molar-refractivity contribution in [2.24, 2.45) is 0 Å². The van der Waals surface area contributed by atoms with Crippen LogP contribution in [0.3, 0.4) is 0 Å². The third-order valence-electron chi connectivity index (χ3n) is 7.00. The largest absolute Gasteiger partial charge is 0.495 e. The second kappa shape index (κ2) is 9.68.